The Morgan fingerprint density at radius 3 is 1.85 bits per heavy atom. The van der Waals surface area contributed by atoms with E-state index in [1.165, 1.54) is 12.4 Å². The summed E-state index contributed by atoms with van der Waals surface area (Å²) >= 11 is 6.51. The summed E-state index contributed by atoms with van der Waals surface area (Å²) in [6.45, 7) is 0. The van der Waals surface area contributed by atoms with Gasteiger partial charge in [-0.15, -0.1) is 0 Å². The first kappa shape index (κ1) is 18.1. The SMILES string of the molecule is NC(=O)c1cnc(Br)c2cc[nH]c12.O=C(O)c1cnc(Br)c2cc[nH]c12. The number of nitrogens with zero attached hydrogens (tertiary/aromatic N) is 2. The largest absolute Gasteiger partial charge is 0.478 e. The molecular weight excluding hydrogens is 470 g/mol. The third-order valence-electron chi connectivity index (χ3n) is 3.59. The van der Waals surface area contributed by atoms with Gasteiger partial charge in [-0.1, -0.05) is 0 Å². The number of pyridine rings is 2. The number of aromatic nitrogens is 4. The van der Waals surface area contributed by atoms with Gasteiger partial charge >= 0.3 is 5.97 Å². The van der Waals surface area contributed by atoms with Gasteiger partial charge in [-0.25, -0.2) is 14.8 Å². The van der Waals surface area contributed by atoms with Crippen molar-refractivity contribution >= 4 is 65.5 Å². The molecule has 0 aromatic carbocycles. The summed E-state index contributed by atoms with van der Waals surface area (Å²) in [6, 6.07) is 3.61. The van der Waals surface area contributed by atoms with E-state index in [0.717, 1.165) is 16.3 Å². The Kier molecular flexibility index (Phi) is 5.05. The molecule has 4 rings (SSSR count). The highest BCUT2D eigenvalue weighted by Gasteiger charge is 2.12. The van der Waals surface area contributed by atoms with Crippen molar-refractivity contribution in [3.8, 4) is 0 Å². The highest BCUT2D eigenvalue weighted by molar-refractivity contribution is 9.10. The molecule has 4 heterocycles. The van der Waals surface area contributed by atoms with Gasteiger partial charge in [0.1, 0.15) is 14.8 Å². The average Bonchev–Trinajstić information content (AvgIpc) is 3.25. The van der Waals surface area contributed by atoms with Gasteiger partial charge in [0.2, 0.25) is 0 Å². The van der Waals surface area contributed by atoms with Crippen LogP contribution in [0.3, 0.4) is 0 Å². The fourth-order valence-corrected chi connectivity index (χ4v) is 3.25. The van der Waals surface area contributed by atoms with Crippen LogP contribution < -0.4 is 5.73 Å². The van der Waals surface area contributed by atoms with E-state index >= 15 is 0 Å². The molecule has 0 aliphatic rings. The second kappa shape index (κ2) is 7.26. The van der Waals surface area contributed by atoms with E-state index in [-0.39, 0.29) is 5.56 Å². The summed E-state index contributed by atoms with van der Waals surface area (Å²) < 4.78 is 1.35. The van der Waals surface area contributed by atoms with Crippen molar-refractivity contribution in [1.29, 1.82) is 0 Å². The molecule has 0 fully saturated rings. The maximum absolute atomic E-state index is 11.0. The van der Waals surface area contributed by atoms with Crippen molar-refractivity contribution in [3.63, 3.8) is 0 Å². The van der Waals surface area contributed by atoms with Crippen LogP contribution in [0.5, 0.6) is 0 Å². The summed E-state index contributed by atoms with van der Waals surface area (Å²) in [4.78, 5) is 35.4. The molecule has 0 aliphatic heterocycles. The lowest BCUT2D eigenvalue weighted by Gasteiger charge is -1.98. The number of carbonyl (C=O) groups is 2. The van der Waals surface area contributed by atoms with Gasteiger partial charge in [0.15, 0.2) is 0 Å². The van der Waals surface area contributed by atoms with Crippen molar-refractivity contribution in [2.24, 2.45) is 5.73 Å². The van der Waals surface area contributed by atoms with Crippen LogP contribution in [-0.4, -0.2) is 36.9 Å². The molecule has 1 amide bonds. The molecule has 10 heteroatoms. The zero-order valence-electron chi connectivity index (χ0n) is 13.0. The number of amides is 1. The molecule has 0 saturated heterocycles. The minimum atomic E-state index is -0.979. The number of fused-ring (bicyclic) bond motifs is 2. The second-order valence-electron chi connectivity index (χ2n) is 5.13. The third kappa shape index (κ3) is 3.33. The lowest BCUT2D eigenvalue weighted by Crippen LogP contribution is -2.11. The zero-order chi connectivity index (χ0) is 18.8. The van der Waals surface area contributed by atoms with E-state index in [1.54, 1.807) is 18.5 Å². The number of halogens is 2. The van der Waals surface area contributed by atoms with E-state index in [4.69, 9.17) is 10.8 Å². The van der Waals surface area contributed by atoms with Crippen LogP contribution in [0, 0.1) is 0 Å². The molecule has 132 valence electrons. The Morgan fingerprint density at radius 1 is 0.923 bits per heavy atom. The highest BCUT2D eigenvalue weighted by atomic mass is 79.9. The minimum absolute atomic E-state index is 0.184. The highest BCUT2D eigenvalue weighted by Crippen LogP contribution is 2.24. The van der Waals surface area contributed by atoms with Crippen LogP contribution in [0.15, 0.2) is 46.1 Å². The number of nitrogens with two attached hydrogens (primary N) is 1. The molecule has 0 saturated carbocycles. The fourth-order valence-electron chi connectivity index (χ4n) is 2.39. The number of rotatable bonds is 2. The Balaban J connectivity index is 0.000000151. The van der Waals surface area contributed by atoms with Crippen LogP contribution in [0.4, 0.5) is 0 Å². The third-order valence-corrected chi connectivity index (χ3v) is 4.85. The number of aromatic carboxylic acids is 1. The number of hydrogen-bond acceptors (Lipinski definition) is 4. The van der Waals surface area contributed by atoms with Gasteiger partial charge in [0.05, 0.1) is 16.6 Å². The molecule has 5 N–H and O–H groups in total. The van der Waals surface area contributed by atoms with Gasteiger partial charge in [-0.05, 0) is 44.0 Å². The van der Waals surface area contributed by atoms with Crippen LogP contribution >= 0.6 is 31.9 Å². The van der Waals surface area contributed by atoms with Crippen molar-refractivity contribution in [2.75, 3.05) is 0 Å². The predicted octanol–water partition coefficient (Wildman–Crippen LogP) is 3.45. The smallest absolute Gasteiger partial charge is 0.339 e. The first-order valence-corrected chi connectivity index (χ1v) is 8.75. The second-order valence-corrected chi connectivity index (χ2v) is 6.63. The molecule has 4 aromatic heterocycles. The molecule has 0 atom stereocenters. The Morgan fingerprint density at radius 2 is 1.38 bits per heavy atom. The summed E-state index contributed by atoms with van der Waals surface area (Å²) in [7, 11) is 0. The standard InChI is InChI=1S/C8H6BrN3O.C8H5BrN2O2/c9-7-4-1-2-11-6(4)5(3-12-7)8(10)13;9-7-4-1-2-10-6(4)5(3-11-7)8(12)13/h1-3,11H,(H2,10,13);1-3,10H,(H,12,13). The Hall–Kier alpha value is -2.72. The predicted molar refractivity (Wildman–Crippen MR) is 103 cm³/mol. The number of carbonyl (C=O) groups excluding carboxylic acids is 1. The molecule has 26 heavy (non-hydrogen) atoms. The minimum Gasteiger partial charge on any atom is -0.478 e. The van der Waals surface area contributed by atoms with Crippen molar-refractivity contribution in [1.82, 2.24) is 19.9 Å². The topological polar surface area (TPSA) is 138 Å². The van der Waals surface area contributed by atoms with Gasteiger partial charge in [-0.2, -0.15) is 0 Å². The first-order valence-electron chi connectivity index (χ1n) is 7.16. The molecule has 0 spiro atoms. The zero-order valence-corrected chi connectivity index (χ0v) is 16.1. The van der Waals surface area contributed by atoms with Crippen molar-refractivity contribution in [2.45, 2.75) is 0 Å². The van der Waals surface area contributed by atoms with Crippen LogP contribution in [0.2, 0.25) is 0 Å². The van der Waals surface area contributed by atoms with E-state index < -0.39 is 11.9 Å². The van der Waals surface area contributed by atoms with E-state index in [2.05, 4.69) is 51.8 Å². The normalized spacial score (nSPS) is 10.5. The molecule has 0 aliphatic carbocycles. The number of H-pyrrole nitrogens is 2. The maximum Gasteiger partial charge on any atom is 0.339 e. The van der Waals surface area contributed by atoms with E-state index in [9.17, 15) is 9.59 Å². The van der Waals surface area contributed by atoms with E-state index in [1.807, 2.05) is 6.07 Å². The summed E-state index contributed by atoms with van der Waals surface area (Å²) in [5.74, 6) is -1.46. The number of aromatic amines is 2. The molecule has 0 unspecified atom stereocenters. The van der Waals surface area contributed by atoms with Crippen LogP contribution in [0.1, 0.15) is 20.7 Å². The first-order chi connectivity index (χ1) is 12.4. The summed E-state index contributed by atoms with van der Waals surface area (Å²) in [5.41, 5.74) is 7.07. The molecule has 8 nitrogen and oxygen atoms in total. The summed E-state index contributed by atoms with van der Waals surface area (Å²) in [5, 5.41) is 10.5. The van der Waals surface area contributed by atoms with Crippen LogP contribution in [-0.2, 0) is 0 Å². The number of carboxylic acid groups (broad SMARTS) is 1. The van der Waals surface area contributed by atoms with Crippen LogP contribution in [0.25, 0.3) is 21.8 Å². The van der Waals surface area contributed by atoms with Gasteiger partial charge in [0.25, 0.3) is 5.91 Å². The lowest BCUT2D eigenvalue weighted by molar-refractivity contribution is 0.0698. The molecule has 0 bridgehead atoms. The van der Waals surface area contributed by atoms with E-state index in [0.29, 0.717) is 20.3 Å². The Labute approximate surface area is 163 Å². The van der Waals surface area contributed by atoms with Gasteiger partial charge in [-0.3, -0.25) is 4.79 Å². The van der Waals surface area contributed by atoms with Gasteiger partial charge < -0.3 is 20.8 Å². The fraction of sp³-hybridized carbons (Fsp3) is 0. The monoisotopic (exact) mass is 479 g/mol. The molecular formula is C16H11Br2N5O3. The van der Waals surface area contributed by atoms with Crippen molar-refractivity contribution < 1.29 is 14.7 Å². The van der Waals surface area contributed by atoms with Crippen molar-refractivity contribution in [3.05, 3.63) is 57.3 Å². The lowest BCUT2D eigenvalue weighted by atomic mass is 10.2. The number of carboxylic acids is 1. The van der Waals surface area contributed by atoms with Gasteiger partial charge in [0, 0.05) is 35.6 Å². The molecule has 0 radical (unpaired) electrons. The number of nitrogens with one attached hydrogen (secondary N) is 2. The number of hydrogen-bond donors (Lipinski definition) is 4. The summed E-state index contributed by atoms with van der Waals surface area (Å²) in [6.07, 6.45) is 6.20. The number of primary amides is 1. The maximum atomic E-state index is 11.0. The quantitative estimate of drug-likeness (QED) is 0.325. The average molecular weight is 481 g/mol. The Bertz CT molecular complexity index is 1050. The molecule has 4 aromatic rings.